The lowest BCUT2D eigenvalue weighted by atomic mass is 10.1. The normalized spacial score (nSPS) is 17.7. The molecule has 1 heterocycles. The van der Waals surface area contributed by atoms with Crippen LogP contribution in [0, 0.1) is 13.7 Å². The minimum Gasteiger partial charge on any atom is -0.376 e. The van der Waals surface area contributed by atoms with Crippen LogP contribution in [-0.2, 0) is 0 Å². The number of rotatable bonds is 5. The zero-order valence-electron chi connectivity index (χ0n) is 11.6. The van der Waals surface area contributed by atoms with Crippen molar-refractivity contribution < 1.29 is 4.92 Å². The average Bonchev–Trinajstić information content (AvgIpc) is 2.41. The van der Waals surface area contributed by atoms with E-state index in [4.69, 9.17) is 0 Å². The van der Waals surface area contributed by atoms with Crippen molar-refractivity contribution in [3.8, 4) is 0 Å². The molecule has 1 aromatic rings. The Balaban J connectivity index is 1.99. The van der Waals surface area contributed by atoms with Gasteiger partial charge >= 0.3 is 0 Å². The summed E-state index contributed by atoms with van der Waals surface area (Å²) in [6.45, 7) is 5.29. The van der Waals surface area contributed by atoms with Crippen LogP contribution in [0.25, 0.3) is 0 Å². The summed E-state index contributed by atoms with van der Waals surface area (Å²) in [5.74, 6) is 0. The second kappa shape index (κ2) is 7.21. The molecule has 6 heteroatoms. The lowest BCUT2D eigenvalue weighted by molar-refractivity contribution is -0.384. The summed E-state index contributed by atoms with van der Waals surface area (Å²) >= 11 is 2.09. The Morgan fingerprint density at radius 3 is 2.75 bits per heavy atom. The lowest BCUT2D eigenvalue weighted by Crippen LogP contribution is -2.38. The molecule has 5 nitrogen and oxygen atoms in total. The topological polar surface area (TPSA) is 58.4 Å². The molecule has 1 N–H and O–H groups in total. The second-order valence-corrected chi connectivity index (χ2v) is 6.57. The van der Waals surface area contributed by atoms with Gasteiger partial charge in [-0.3, -0.25) is 10.1 Å². The van der Waals surface area contributed by atoms with Gasteiger partial charge in [-0.15, -0.1) is 0 Å². The van der Waals surface area contributed by atoms with Crippen LogP contribution in [-0.4, -0.2) is 35.5 Å². The van der Waals surface area contributed by atoms with Crippen molar-refractivity contribution in [2.45, 2.75) is 32.2 Å². The third-order valence-electron chi connectivity index (χ3n) is 3.54. The molecule has 1 fully saturated rings. The molecule has 0 aliphatic carbocycles. The molecule has 0 spiro atoms. The smallest absolute Gasteiger partial charge is 0.293 e. The Labute approximate surface area is 133 Å². The number of benzene rings is 1. The molecule has 1 unspecified atom stereocenters. The Hall–Kier alpha value is -0.890. The molecular weight excluding hydrogens is 369 g/mol. The lowest BCUT2D eigenvalue weighted by Gasteiger charge is -2.29. The molecule has 1 aromatic carbocycles. The molecule has 0 saturated carbocycles. The van der Waals surface area contributed by atoms with Crippen molar-refractivity contribution in [1.29, 1.82) is 0 Å². The van der Waals surface area contributed by atoms with Crippen molar-refractivity contribution in [3.05, 3.63) is 31.9 Å². The van der Waals surface area contributed by atoms with E-state index in [2.05, 4.69) is 39.7 Å². The van der Waals surface area contributed by atoms with E-state index in [1.54, 1.807) is 12.1 Å². The quantitative estimate of drug-likeness (QED) is 0.476. The van der Waals surface area contributed by atoms with Gasteiger partial charge in [0.15, 0.2) is 0 Å². The van der Waals surface area contributed by atoms with Gasteiger partial charge in [0, 0.05) is 22.2 Å². The van der Waals surface area contributed by atoms with Crippen LogP contribution in [0.15, 0.2) is 18.2 Å². The van der Waals surface area contributed by atoms with E-state index in [1.807, 2.05) is 6.07 Å². The minimum atomic E-state index is -0.321. The monoisotopic (exact) mass is 389 g/mol. The second-order valence-electron chi connectivity index (χ2n) is 5.33. The molecular formula is C14H20IN3O2. The van der Waals surface area contributed by atoms with E-state index < -0.39 is 0 Å². The van der Waals surface area contributed by atoms with Crippen molar-refractivity contribution in [1.82, 2.24) is 4.90 Å². The number of nitro groups is 1. The van der Waals surface area contributed by atoms with Gasteiger partial charge in [0.05, 0.1) is 4.92 Å². The third-order valence-corrected chi connectivity index (χ3v) is 4.21. The van der Waals surface area contributed by atoms with Gasteiger partial charge in [-0.25, -0.2) is 0 Å². The highest BCUT2D eigenvalue weighted by Crippen LogP contribution is 2.27. The minimum absolute atomic E-state index is 0.155. The fraction of sp³-hybridized carbons (Fsp3) is 0.571. The van der Waals surface area contributed by atoms with Gasteiger partial charge in [-0.05, 0) is 67.6 Å². The van der Waals surface area contributed by atoms with Gasteiger partial charge in [-0.2, -0.15) is 0 Å². The van der Waals surface area contributed by atoms with E-state index in [0.717, 1.165) is 23.2 Å². The van der Waals surface area contributed by atoms with Crippen LogP contribution in [0.4, 0.5) is 11.4 Å². The summed E-state index contributed by atoms with van der Waals surface area (Å²) in [5.41, 5.74) is 0.766. The van der Waals surface area contributed by atoms with Gasteiger partial charge in [-0.1, -0.05) is 6.42 Å². The zero-order valence-corrected chi connectivity index (χ0v) is 13.8. The van der Waals surface area contributed by atoms with E-state index in [9.17, 15) is 10.1 Å². The molecule has 1 aliphatic heterocycles. The Bertz CT molecular complexity index is 475. The molecule has 2 rings (SSSR count). The SMILES string of the molecule is CC(CN1CCCCC1)Nc1ccc(I)cc1[N+](=O)[O-]. The molecule has 0 bridgehead atoms. The third kappa shape index (κ3) is 4.31. The van der Waals surface area contributed by atoms with Crippen molar-refractivity contribution in [2.24, 2.45) is 0 Å². The van der Waals surface area contributed by atoms with Crippen LogP contribution >= 0.6 is 22.6 Å². The van der Waals surface area contributed by atoms with Crippen molar-refractivity contribution in [2.75, 3.05) is 25.0 Å². The molecule has 0 aromatic heterocycles. The summed E-state index contributed by atoms with van der Waals surface area (Å²) in [6.07, 6.45) is 3.84. The predicted molar refractivity (Wildman–Crippen MR) is 89.2 cm³/mol. The number of nitrogens with zero attached hydrogens (tertiary/aromatic N) is 2. The molecule has 110 valence electrons. The number of hydrogen-bond donors (Lipinski definition) is 1. The van der Waals surface area contributed by atoms with Crippen LogP contribution in [0.5, 0.6) is 0 Å². The summed E-state index contributed by atoms with van der Waals surface area (Å²) in [5, 5.41) is 14.4. The van der Waals surface area contributed by atoms with Gasteiger partial charge in [0.1, 0.15) is 5.69 Å². The highest BCUT2D eigenvalue weighted by molar-refractivity contribution is 14.1. The number of likely N-dealkylation sites (tertiary alicyclic amines) is 1. The van der Waals surface area contributed by atoms with Crippen LogP contribution < -0.4 is 5.32 Å². The first-order chi connectivity index (χ1) is 9.56. The average molecular weight is 389 g/mol. The Morgan fingerprint density at radius 2 is 2.10 bits per heavy atom. The number of halogens is 1. The largest absolute Gasteiger partial charge is 0.376 e. The van der Waals surface area contributed by atoms with Crippen LogP contribution in [0.1, 0.15) is 26.2 Å². The fourth-order valence-corrected chi connectivity index (χ4v) is 3.09. The maximum atomic E-state index is 11.1. The summed E-state index contributed by atoms with van der Waals surface area (Å²) < 4.78 is 0.878. The maximum absolute atomic E-state index is 11.1. The summed E-state index contributed by atoms with van der Waals surface area (Å²) in [6, 6.07) is 5.50. The van der Waals surface area contributed by atoms with Crippen molar-refractivity contribution in [3.63, 3.8) is 0 Å². The van der Waals surface area contributed by atoms with Gasteiger partial charge in [0.2, 0.25) is 0 Å². The van der Waals surface area contributed by atoms with Crippen LogP contribution in [0.3, 0.4) is 0 Å². The van der Waals surface area contributed by atoms with Gasteiger partial charge in [0.25, 0.3) is 5.69 Å². The summed E-state index contributed by atoms with van der Waals surface area (Å²) in [7, 11) is 0. The number of piperidine rings is 1. The van der Waals surface area contributed by atoms with E-state index >= 15 is 0 Å². The number of anilines is 1. The highest BCUT2D eigenvalue weighted by Gasteiger charge is 2.18. The first kappa shape index (κ1) is 15.5. The van der Waals surface area contributed by atoms with E-state index in [-0.39, 0.29) is 16.7 Å². The summed E-state index contributed by atoms with van der Waals surface area (Å²) in [4.78, 5) is 13.2. The highest BCUT2D eigenvalue weighted by atomic mass is 127. The Kier molecular flexibility index (Phi) is 5.59. The predicted octanol–water partition coefficient (Wildman–Crippen LogP) is 3.49. The van der Waals surface area contributed by atoms with Gasteiger partial charge < -0.3 is 10.2 Å². The van der Waals surface area contributed by atoms with Crippen LogP contribution in [0.2, 0.25) is 0 Å². The molecule has 1 saturated heterocycles. The van der Waals surface area contributed by atoms with E-state index in [0.29, 0.717) is 5.69 Å². The number of hydrogen-bond acceptors (Lipinski definition) is 4. The Morgan fingerprint density at radius 1 is 1.40 bits per heavy atom. The molecule has 1 aliphatic rings. The molecule has 1 atom stereocenters. The maximum Gasteiger partial charge on any atom is 0.293 e. The fourth-order valence-electron chi connectivity index (χ4n) is 2.62. The van der Waals surface area contributed by atoms with E-state index in [1.165, 1.54) is 19.3 Å². The molecule has 20 heavy (non-hydrogen) atoms. The molecule has 0 radical (unpaired) electrons. The first-order valence-corrected chi connectivity index (χ1v) is 8.07. The number of nitro benzene ring substituents is 1. The first-order valence-electron chi connectivity index (χ1n) is 6.99. The molecule has 0 amide bonds. The number of nitrogens with one attached hydrogen (secondary N) is 1. The van der Waals surface area contributed by atoms with Crippen molar-refractivity contribution >= 4 is 34.0 Å². The zero-order chi connectivity index (χ0) is 14.5. The standard InChI is InChI=1S/C14H20IN3O2/c1-11(10-17-7-3-2-4-8-17)16-13-6-5-12(15)9-14(13)18(19)20/h5-6,9,11,16H,2-4,7-8,10H2,1H3.